The molecule has 0 fully saturated rings. The van der Waals surface area contributed by atoms with Gasteiger partial charge in [0.1, 0.15) is 5.82 Å². The van der Waals surface area contributed by atoms with E-state index in [0.29, 0.717) is 6.54 Å². The fourth-order valence-electron chi connectivity index (χ4n) is 3.00. The minimum atomic E-state index is -0.144. The number of benzene rings is 2. The van der Waals surface area contributed by atoms with Crippen molar-refractivity contribution in [2.45, 2.75) is 25.3 Å². The van der Waals surface area contributed by atoms with Crippen molar-refractivity contribution in [3.8, 4) is 0 Å². The van der Waals surface area contributed by atoms with E-state index >= 15 is 0 Å². The normalized spacial score (nSPS) is 12.0. The van der Waals surface area contributed by atoms with E-state index in [1.807, 2.05) is 42.5 Å². The maximum absolute atomic E-state index is 12.3. The van der Waals surface area contributed by atoms with Gasteiger partial charge in [0, 0.05) is 6.54 Å². The number of nitrogens with zero attached hydrogens (tertiary/aromatic N) is 1. The number of aromatic nitrogens is 2. The molecule has 0 aliphatic heterocycles. The Morgan fingerprint density at radius 2 is 1.93 bits per heavy atom. The highest BCUT2D eigenvalue weighted by Gasteiger charge is 2.18. The number of para-hydroxylation sites is 2. The van der Waals surface area contributed by atoms with Crippen molar-refractivity contribution < 1.29 is 4.79 Å². The summed E-state index contributed by atoms with van der Waals surface area (Å²) < 4.78 is 0. The molecule has 3 N–H and O–H groups in total. The molecule has 6 heteroatoms. The lowest BCUT2D eigenvalue weighted by Gasteiger charge is -2.17. The second-order valence-electron chi connectivity index (χ2n) is 6.46. The fourth-order valence-corrected chi connectivity index (χ4v) is 3.47. The number of fused-ring (bicyclic) bond motifs is 1. The molecule has 0 spiro atoms. The molecule has 2 aromatic carbocycles. The summed E-state index contributed by atoms with van der Waals surface area (Å²) in [4.78, 5) is 20.3. The summed E-state index contributed by atoms with van der Waals surface area (Å²) in [7, 11) is 0. The van der Waals surface area contributed by atoms with Gasteiger partial charge in [-0.1, -0.05) is 42.5 Å². The van der Waals surface area contributed by atoms with E-state index in [2.05, 4.69) is 39.0 Å². The van der Waals surface area contributed by atoms with Crippen molar-refractivity contribution in [3.63, 3.8) is 0 Å². The van der Waals surface area contributed by atoms with Gasteiger partial charge < -0.3 is 15.6 Å². The van der Waals surface area contributed by atoms with E-state index < -0.39 is 0 Å². The van der Waals surface area contributed by atoms with Crippen molar-refractivity contribution in [2.75, 3.05) is 18.6 Å². The number of carbonyl (C=O) groups is 1. The first kappa shape index (κ1) is 19.3. The van der Waals surface area contributed by atoms with Crippen molar-refractivity contribution >= 4 is 28.8 Å². The maximum Gasteiger partial charge on any atom is 0.315 e. The summed E-state index contributed by atoms with van der Waals surface area (Å²) in [5.41, 5.74) is 3.21. The Bertz CT molecular complexity index is 817. The van der Waals surface area contributed by atoms with E-state index in [0.717, 1.165) is 41.9 Å². The molecule has 0 bridgehead atoms. The molecule has 3 aromatic rings. The van der Waals surface area contributed by atoms with Crippen molar-refractivity contribution in [1.29, 1.82) is 0 Å². The summed E-state index contributed by atoms with van der Waals surface area (Å²) in [5, 5.41) is 6.04. The van der Waals surface area contributed by atoms with E-state index in [1.54, 1.807) is 11.8 Å². The van der Waals surface area contributed by atoms with Crippen LogP contribution in [0.3, 0.4) is 0 Å². The molecule has 0 unspecified atom stereocenters. The Morgan fingerprint density at radius 1 is 1.15 bits per heavy atom. The molecule has 1 heterocycles. The predicted octanol–water partition coefficient (Wildman–Crippen LogP) is 4.29. The Morgan fingerprint density at radius 3 is 2.70 bits per heavy atom. The second-order valence-corrected chi connectivity index (χ2v) is 7.45. The van der Waals surface area contributed by atoms with Crippen molar-refractivity contribution in [2.24, 2.45) is 0 Å². The van der Waals surface area contributed by atoms with Crippen LogP contribution in [0.15, 0.2) is 54.6 Å². The quantitative estimate of drug-likeness (QED) is 0.484. The standard InChI is InChI=1S/C21H26N4OS/c1-27-15-13-19(20-23-17-11-5-6-12-18(17)24-20)25-21(26)22-14-7-10-16-8-3-2-4-9-16/h2-6,8-9,11-12,19H,7,10,13-15H2,1H3,(H,23,24)(H2,22,25,26)/t19-/m1/s1. The van der Waals surface area contributed by atoms with Crippen LogP contribution in [0, 0.1) is 0 Å². The highest BCUT2D eigenvalue weighted by Crippen LogP contribution is 2.19. The number of carbonyl (C=O) groups excluding carboxylic acids is 1. The molecule has 0 saturated carbocycles. The number of H-pyrrole nitrogens is 1. The SMILES string of the molecule is CSCC[C@@H](NC(=O)NCCCc1ccccc1)c1nc2ccccc2[nH]1. The van der Waals surface area contributed by atoms with Crippen LogP contribution in [0.1, 0.15) is 30.3 Å². The molecule has 0 aliphatic rings. The maximum atomic E-state index is 12.3. The Kier molecular flexibility index (Phi) is 7.16. The van der Waals surface area contributed by atoms with Gasteiger partial charge in [0.2, 0.25) is 0 Å². The van der Waals surface area contributed by atoms with Crippen LogP contribution in [0.4, 0.5) is 4.79 Å². The molecule has 1 aromatic heterocycles. The fraction of sp³-hybridized carbons (Fsp3) is 0.333. The number of aromatic amines is 1. The van der Waals surface area contributed by atoms with E-state index in [4.69, 9.17) is 0 Å². The minimum absolute atomic E-state index is 0.126. The van der Waals surface area contributed by atoms with Crippen LogP contribution in [-0.4, -0.2) is 34.6 Å². The van der Waals surface area contributed by atoms with E-state index in [1.165, 1.54) is 5.56 Å². The highest BCUT2D eigenvalue weighted by atomic mass is 32.2. The zero-order chi connectivity index (χ0) is 18.9. The zero-order valence-corrected chi connectivity index (χ0v) is 16.4. The monoisotopic (exact) mass is 382 g/mol. The predicted molar refractivity (Wildman–Crippen MR) is 113 cm³/mol. The van der Waals surface area contributed by atoms with Crippen LogP contribution in [0.5, 0.6) is 0 Å². The zero-order valence-electron chi connectivity index (χ0n) is 15.6. The lowest BCUT2D eigenvalue weighted by Crippen LogP contribution is -2.39. The lowest BCUT2D eigenvalue weighted by atomic mass is 10.1. The summed E-state index contributed by atoms with van der Waals surface area (Å²) in [6.07, 6.45) is 4.77. The number of imidazole rings is 1. The molecule has 0 radical (unpaired) electrons. The van der Waals surface area contributed by atoms with Gasteiger partial charge in [-0.15, -0.1) is 0 Å². The molecule has 1 atom stereocenters. The summed E-state index contributed by atoms with van der Waals surface area (Å²) in [6, 6.07) is 18.0. The molecular weight excluding hydrogens is 356 g/mol. The average Bonchev–Trinajstić information content (AvgIpc) is 3.13. The molecule has 0 saturated heterocycles. The van der Waals surface area contributed by atoms with Crippen LogP contribution >= 0.6 is 11.8 Å². The van der Waals surface area contributed by atoms with Gasteiger partial charge in [-0.05, 0) is 49.0 Å². The van der Waals surface area contributed by atoms with Gasteiger partial charge in [0.15, 0.2) is 0 Å². The number of hydrogen-bond acceptors (Lipinski definition) is 3. The summed E-state index contributed by atoms with van der Waals surface area (Å²) >= 11 is 1.76. The first-order valence-electron chi connectivity index (χ1n) is 9.28. The molecule has 27 heavy (non-hydrogen) atoms. The van der Waals surface area contributed by atoms with Gasteiger partial charge in [0.05, 0.1) is 17.1 Å². The number of hydrogen-bond donors (Lipinski definition) is 3. The van der Waals surface area contributed by atoms with Gasteiger partial charge in [-0.3, -0.25) is 0 Å². The first-order chi connectivity index (χ1) is 13.3. The third-order valence-electron chi connectivity index (χ3n) is 4.42. The number of nitrogens with one attached hydrogen (secondary N) is 3. The highest BCUT2D eigenvalue weighted by molar-refractivity contribution is 7.98. The topological polar surface area (TPSA) is 69.8 Å². The largest absolute Gasteiger partial charge is 0.340 e. The van der Waals surface area contributed by atoms with Gasteiger partial charge in [-0.25, -0.2) is 9.78 Å². The lowest BCUT2D eigenvalue weighted by molar-refractivity contribution is 0.236. The molecule has 0 aliphatic carbocycles. The van der Waals surface area contributed by atoms with Gasteiger partial charge in [-0.2, -0.15) is 11.8 Å². The molecule has 2 amide bonds. The van der Waals surface area contributed by atoms with Crippen molar-refractivity contribution in [1.82, 2.24) is 20.6 Å². The summed E-state index contributed by atoms with van der Waals surface area (Å²) in [5.74, 6) is 1.76. The van der Waals surface area contributed by atoms with Gasteiger partial charge in [0.25, 0.3) is 0 Å². The Hall–Kier alpha value is -2.47. The van der Waals surface area contributed by atoms with Crippen LogP contribution in [0.2, 0.25) is 0 Å². The second kappa shape index (κ2) is 10.0. The Balaban J connectivity index is 1.53. The van der Waals surface area contributed by atoms with Crippen LogP contribution in [0.25, 0.3) is 11.0 Å². The van der Waals surface area contributed by atoms with E-state index in [9.17, 15) is 4.79 Å². The minimum Gasteiger partial charge on any atom is -0.340 e. The third kappa shape index (κ3) is 5.76. The number of aryl methyl sites for hydroxylation is 1. The van der Waals surface area contributed by atoms with Crippen molar-refractivity contribution in [3.05, 3.63) is 66.0 Å². The Labute approximate surface area is 164 Å². The smallest absolute Gasteiger partial charge is 0.315 e. The molecular formula is C21H26N4OS. The van der Waals surface area contributed by atoms with Gasteiger partial charge >= 0.3 is 6.03 Å². The van der Waals surface area contributed by atoms with Crippen LogP contribution < -0.4 is 10.6 Å². The number of urea groups is 1. The first-order valence-corrected chi connectivity index (χ1v) is 10.7. The average molecular weight is 383 g/mol. The molecule has 5 nitrogen and oxygen atoms in total. The molecule has 142 valence electrons. The summed E-state index contributed by atoms with van der Waals surface area (Å²) in [6.45, 7) is 0.649. The number of rotatable bonds is 9. The number of amides is 2. The van der Waals surface area contributed by atoms with Crippen LogP contribution in [-0.2, 0) is 6.42 Å². The molecule has 3 rings (SSSR count). The third-order valence-corrected chi connectivity index (χ3v) is 5.07. The van der Waals surface area contributed by atoms with E-state index in [-0.39, 0.29) is 12.1 Å². The number of thioether (sulfide) groups is 1.